The van der Waals surface area contributed by atoms with Crippen molar-refractivity contribution < 1.29 is 28.7 Å². The summed E-state index contributed by atoms with van der Waals surface area (Å²) in [5.74, 6) is -1.95. The van der Waals surface area contributed by atoms with Gasteiger partial charge in [0.25, 0.3) is 11.8 Å². The van der Waals surface area contributed by atoms with Gasteiger partial charge in [-0.25, -0.2) is 0 Å². The lowest BCUT2D eigenvalue weighted by Crippen LogP contribution is -2.54. The predicted octanol–water partition coefficient (Wildman–Crippen LogP) is 1.46. The molecule has 3 rings (SSSR count). The van der Waals surface area contributed by atoms with Gasteiger partial charge in [0.05, 0.1) is 24.3 Å². The third kappa shape index (κ3) is 4.89. The average molecular weight is 402 g/mol. The molecule has 8 nitrogen and oxygen atoms in total. The molecule has 8 heteroatoms. The molecule has 2 aliphatic heterocycles. The number of piperidine rings is 1. The summed E-state index contributed by atoms with van der Waals surface area (Å²) in [6, 6.07) is 4.23. The molecule has 1 atom stereocenters. The first kappa shape index (κ1) is 21.1. The van der Waals surface area contributed by atoms with Crippen LogP contribution in [0.3, 0.4) is 0 Å². The maximum absolute atomic E-state index is 12.8. The van der Waals surface area contributed by atoms with Crippen LogP contribution in [0.4, 0.5) is 0 Å². The quantitative estimate of drug-likeness (QED) is 0.470. The van der Waals surface area contributed by atoms with E-state index in [0.29, 0.717) is 37.4 Å². The first-order valence-corrected chi connectivity index (χ1v) is 10.0. The molecule has 1 unspecified atom stereocenters. The maximum atomic E-state index is 12.8. The standard InChI is InChI=1S/C21H26N2O6/c1-2-9-28-11-12-29-10-3-4-14-5-6-15-16(13-14)21(27)23(20(15)26)17-7-8-18(24)22-19(17)25/h5-6,13,17H,2-4,7-12H2,1H3,(H,22,24,25). The fourth-order valence-corrected chi connectivity index (χ4v) is 3.52. The van der Waals surface area contributed by atoms with Crippen LogP contribution < -0.4 is 5.32 Å². The lowest BCUT2D eigenvalue weighted by molar-refractivity contribution is -0.136. The Hall–Kier alpha value is -2.58. The van der Waals surface area contributed by atoms with E-state index in [1.54, 1.807) is 12.1 Å². The van der Waals surface area contributed by atoms with Gasteiger partial charge in [-0.15, -0.1) is 0 Å². The van der Waals surface area contributed by atoms with Crippen molar-refractivity contribution in [3.63, 3.8) is 0 Å². The molecule has 1 aromatic rings. The number of aryl methyl sites for hydroxylation is 1. The molecular formula is C21H26N2O6. The molecule has 1 fully saturated rings. The summed E-state index contributed by atoms with van der Waals surface area (Å²) in [5.41, 5.74) is 1.54. The molecule has 29 heavy (non-hydrogen) atoms. The van der Waals surface area contributed by atoms with Crippen LogP contribution in [0, 0.1) is 0 Å². The van der Waals surface area contributed by atoms with Gasteiger partial charge in [0, 0.05) is 19.6 Å². The van der Waals surface area contributed by atoms with Crippen LogP contribution in [0.15, 0.2) is 18.2 Å². The number of hydrogen-bond donors (Lipinski definition) is 1. The van der Waals surface area contributed by atoms with Gasteiger partial charge in [-0.05, 0) is 43.4 Å². The summed E-state index contributed by atoms with van der Waals surface area (Å²) in [6.45, 7) is 4.51. The minimum Gasteiger partial charge on any atom is -0.379 e. The van der Waals surface area contributed by atoms with E-state index in [1.165, 1.54) is 0 Å². The number of fused-ring (bicyclic) bond motifs is 1. The summed E-state index contributed by atoms with van der Waals surface area (Å²) < 4.78 is 10.9. The molecule has 0 bridgehead atoms. The van der Waals surface area contributed by atoms with Gasteiger partial charge in [0.15, 0.2) is 0 Å². The van der Waals surface area contributed by atoms with Crippen LogP contribution in [-0.4, -0.2) is 61.0 Å². The molecular weight excluding hydrogens is 376 g/mol. The molecule has 0 saturated carbocycles. The Morgan fingerprint density at radius 2 is 1.72 bits per heavy atom. The van der Waals surface area contributed by atoms with Crippen LogP contribution in [0.5, 0.6) is 0 Å². The van der Waals surface area contributed by atoms with Crippen LogP contribution >= 0.6 is 0 Å². The third-order valence-electron chi connectivity index (χ3n) is 4.98. The molecule has 1 saturated heterocycles. The minimum absolute atomic E-state index is 0.110. The Labute approximate surface area is 169 Å². The molecule has 1 N–H and O–H groups in total. The Kier molecular flexibility index (Phi) is 7.11. The van der Waals surface area contributed by atoms with Crippen molar-refractivity contribution in [1.82, 2.24) is 10.2 Å². The molecule has 0 aliphatic carbocycles. The second-order valence-corrected chi connectivity index (χ2v) is 7.16. The van der Waals surface area contributed by atoms with E-state index in [1.807, 2.05) is 6.07 Å². The minimum atomic E-state index is -0.938. The van der Waals surface area contributed by atoms with Gasteiger partial charge in [0.1, 0.15) is 6.04 Å². The Morgan fingerprint density at radius 3 is 2.45 bits per heavy atom. The van der Waals surface area contributed by atoms with Crippen molar-refractivity contribution in [1.29, 1.82) is 0 Å². The van der Waals surface area contributed by atoms with Crippen LogP contribution in [0.1, 0.15) is 58.9 Å². The van der Waals surface area contributed by atoms with E-state index in [-0.39, 0.29) is 18.7 Å². The molecule has 0 radical (unpaired) electrons. The summed E-state index contributed by atoms with van der Waals surface area (Å²) in [7, 11) is 0. The second kappa shape index (κ2) is 9.76. The van der Waals surface area contributed by atoms with Crippen LogP contribution in [0.2, 0.25) is 0 Å². The van der Waals surface area contributed by atoms with Gasteiger partial charge in [-0.1, -0.05) is 13.0 Å². The number of nitrogens with one attached hydrogen (secondary N) is 1. The summed E-state index contributed by atoms with van der Waals surface area (Å²) in [6.07, 6.45) is 2.75. The van der Waals surface area contributed by atoms with E-state index in [0.717, 1.165) is 29.9 Å². The number of amides is 4. The zero-order chi connectivity index (χ0) is 20.8. The van der Waals surface area contributed by atoms with Gasteiger partial charge < -0.3 is 9.47 Å². The molecule has 0 spiro atoms. The first-order valence-electron chi connectivity index (χ1n) is 10.0. The van der Waals surface area contributed by atoms with E-state index in [4.69, 9.17) is 9.47 Å². The fraction of sp³-hybridized carbons (Fsp3) is 0.524. The number of rotatable bonds is 10. The zero-order valence-electron chi connectivity index (χ0n) is 16.6. The number of benzene rings is 1. The highest BCUT2D eigenvalue weighted by Gasteiger charge is 2.44. The van der Waals surface area contributed by atoms with Gasteiger partial charge >= 0.3 is 0 Å². The maximum Gasteiger partial charge on any atom is 0.262 e. The topological polar surface area (TPSA) is 102 Å². The number of imide groups is 2. The zero-order valence-corrected chi connectivity index (χ0v) is 16.6. The molecule has 2 heterocycles. The van der Waals surface area contributed by atoms with Crippen molar-refractivity contribution in [2.24, 2.45) is 0 Å². The molecule has 2 aliphatic rings. The van der Waals surface area contributed by atoms with E-state index in [9.17, 15) is 19.2 Å². The van der Waals surface area contributed by atoms with Gasteiger partial charge in [-0.2, -0.15) is 0 Å². The summed E-state index contributed by atoms with van der Waals surface area (Å²) in [5, 5.41) is 2.19. The average Bonchev–Trinajstić information content (AvgIpc) is 2.94. The number of nitrogens with zero attached hydrogens (tertiary/aromatic N) is 1. The van der Waals surface area contributed by atoms with E-state index >= 15 is 0 Å². The van der Waals surface area contributed by atoms with Crippen molar-refractivity contribution >= 4 is 23.6 Å². The van der Waals surface area contributed by atoms with Gasteiger partial charge in [-0.3, -0.25) is 29.4 Å². The monoisotopic (exact) mass is 402 g/mol. The van der Waals surface area contributed by atoms with Crippen molar-refractivity contribution in [2.75, 3.05) is 26.4 Å². The Morgan fingerprint density at radius 1 is 1.00 bits per heavy atom. The van der Waals surface area contributed by atoms with Crippen molar-refractivity contribution in [3.05, 3.63) is 34.9 Å². The molecule has 1 aromatic carbocycles. The Balaban J connectivity index is 1.55. The second-order valence-electron chi connectivity index (χ2n) is 7.16. The van der Waals surface area contributed by atoms with Crippen LogP contribution in [0.25, 0.3) is 0 Å². The molecule has 4 amide bonds. The molecule has 0 aromatic heterocycles. The smallest absolute Gasteiger partial charge is 0.262 e. The normalized spacial score (nSPS) is 18.9. The number of hydrogen-bond acceptors (Lipinski definition) is 6. The lowest BCUT2D eigenvalue weighted by atomic mass is 10.0. The fourth-order valence-electron chi connectivity index (χ4n) is 3.52. The number of ether oxygens (including phenoxy) is 2. The largest absolute Gasteiger partial charge is 0.379 e. The molecule has 156 valence electrons. The Bertz CT molecular complexity index is 806. The lowest BCUT2D eigenvalue weighted by Gasteiger charge is -2.27. The van der Waals surface area contributed by atoms with Crippen molar-refractivity contribution in [3.8, 4) is 0 Å². The highest BCUT2D eigenvalue weighted by molar-refractivity contribution is 6.23. The number of carbonyl (C=O) groups excluding carboxylic acids is 4. The summed E-state index contributed by atoms with van der Waals surface area (Å²) in [4.78, 5) is 49.9. The highest BCUT2D eigenvalue weighted by Crippen LogP contribution is 2.28. The third-order valence-corrected chi connectivity index (χ3v) is 4.98. The van der Waals surface area contributed by atoms with Crippen molar-refractivity contribution in [2.45, 2.75) is 45.1 Å². The highest BCUT2D eigenvalue weighted by atomic mass is 16.5. The van der Waals surface area contributed by atoms with Gasteiger partial charge in [0.2, 0.25) is 11.8 Å². The number of carbonyl (C=O) groups is 4. The van der Waals surface area contributed by atoms with Crippen LogP contribution in [-0.2, 0) is 25.5 Å². The SMILES string of the molecule is CCCOCCOCCCc1ccc2c(c1)C(=O)N(C1CCC(=O)NC1=O)C2=O. The summed E-state index contributed by atoms with van der Waals surface area (Å²) >= 11 is 0. The van der Waals surface area contributed by atoms with E-state index < -0.39 is 23.8 Å². The first-order chi connectivity index (χ1) is 14.0. The predicted molar refractivity (Wildman–Crippen MR) is 103 cm³/mol. The van der Waals surface area contributed by atoms with E-state index in [2.05, 4.69) is 12.2 Å².